The Morgan fingerprint density at radius 1 is 1.50 bits per heavy atom. The number of nitrogens with two attached hydrogens (primary N) is 1. The molecule has 1 aromatic rings. The van der Waals surface area contributed by atoms with Crippen molar-refractivity contribution in [2.24, 2.45) is 5.73 Å². The van der Waals surface area contributed by atoms with Gasteiger partial charge in [-0.2, -0.15) is 0 Å². The molecule has 0 heterocycles. The van der Waals surface area contributed by atoms with E-state index in [0.29, 0.717) is 18.9 Å². The summed E-state index contributed by atoms with van der Waals surface area (Å²) in [6, 6.07) is 7.49. The van der Waals surface area contributed by atoms with Gasteiger partial charge in [-0.3, -0.25) is 4.79 Å². The molecule has 1 aliphatic rings. The molecule has 0 spiro atoms. The van der Waals surface area contributed by atoms with Crippen LogP contribution in [0, 0.1) is 0 Å². The van der Waals surface area contributed by atoms with Gasteiger partial charge in [-0.05, 0) is 36.8 Å². The molecule has 3 heteroatoms. The largest absolute Gasteiger partial charge is 0.385 e. The van der Waals surface area contributed by atoms with Crippen LogP contribution in [-0.2, 0) is 4.74 Å². The summed E-state index contributed by atoms with van der Waals surface area (Å²) in [7, 11) is 1.62. The van der Waals surface area contributed by atoms with E-state index in [4.69, 9.17) is 10.5 Å². The first-order chi connectivity index (χ1) is 8.72. The summed E-state index contributed by atoms with van der Waals surface area (Å²) in [5.74, 6) is 0.668. The summed E-state index contributed by atoms with van der Waals surface area (Å²) in [4.78, 5) is 12.2. The Morgan fingerprint density at radius 3 is 2.89 bits per heavy atom. The highest BCUT2D eigenvalue weighted by Gasteiger charge is 2.21. The molecule has 1 fully saturated rings. The number of ketones is 1. The van der Waals surface area contributed by atoms with E-state index in [2.05, 4.69) is 6.07 Å². The Labute approximate surface area is 108 Å². The van der Waals surface area contributed by atoms with Crippen molar-refractivity contribution in [2.75, 3.05) is 13.7 Å². The maximum Gasteiger partial charge on any atom is 0.179 e. The molecule has 18 heavy (non-hydrogen) atoms. The third-order valence-corrected chi connectivity index (χ3v) is 3.72. The molecule has 0 radical (unpaired) electrons. The lowest BCUT2D eigenvalue weighted by Gasteiger charge is -2.26. The second-order valence-corrected chi connectivity index (χ2v) is 5.01. The number of rotatable bonds is 6. The highest BCUT2D eigenvalue weighted by atomic mass is 16.5. The van der Waals surface area contributed by atoms with Crippen molar-refractivity contribution in [2.45, 2.75) is 37.6 Å². The van der Waals surface area contributed by atoms with Crippen LogP contribution >= 0.6 is 0 Å². The molecule has 2 rings (SSSR count). The number of carbonyl (C=O) groups is 1. The van der Waals surface area contributed by atoms with Gasteiger partial charge in [-0.15, -0.1) is 0 Å². The van der Waals surface area contributed by atoms with Crippen LogP contribution in [0.3, 0.4) is 0 Å². The third-order valence-electron chi connectivity index (χ3n) is 3.72. The molecule has 1 aliphatic carbocycles. The molecule has 1 saturated carbocycles. The van der Waals surface area contributed by atoms with Crippen molar-refractivity contribution in [1.82, 2.24) is 0 Å². The fourth-order valence-electron chi connectivity index (χ4n) is 2.28. The predicted octanol–water partition coefficient (Wildman–Crippen LogP) is 2.50. The molecule has 1 atom stereocenters. The Morgan fingerprint density at radius 2 is 2.28 bits per heavy atom. The summed E-state index contributed by atoms with van der Waals surface area (Å²) in [6.45, 7) is 0.523. The van der Waals surface area contributed by atoms with Gasteiger partial charge in [-0.25, -0.2) is 0 Å². The van der Waals surface area contributed by atoms with Crippen molar-refractivity contribution < 1.29 is 9.53 Å². The van der Waals surface area contributed by atoms with Crippen LogP contribution in [0.5, 0.6) is 0 Å². The topological polar surface area (TPSA) is 52.3 Å². The lowest BCUT2D eigenvalue weighted by atomic mass is 9.79. The zero-order chi connectivity index (χ0) is 13.0. The second-order valence-electron chi connectivity index (χ2n) is 5.01. The third kappa shape index (κ3) is 2.98. The molecule has 0 amide bonds. The average Bonchev–Trinajstić information content (AvgIpc) is 2.33. The van der Waals surface area contributed by atoms with E-state index in [-0.39, 0.29) is 5.78 Å². The number of hydrogen-bond donors (Lipinski definition) is 1. The van der Waals surface area contributed by atoms with Crippen molar-refractivity contribution in [3.8, 4) is 0 Å². The minimum absolute atomic E-state index is 0.0215. The smallest absolute Gasteiger partial charge is 0.179 e. The SMILES string of the molecule is COCCC(N)C(=O)c1cccc(C2CCC2)c1. The first-order valence-corrected chi connectivity index (χ1v) is 6.61. The summed E-state index contributed by atoms with van der Waals surface area (Å²) in [5.41, 5.74) is 7.90. The monoisotopic (exact) mass is 247 g/mol. The Kier molecular flexibility index (Phi) is 4.50. The summed E-state index contributed by atoms with van der Waals surface area (Å²) in [5, 5.41) is 0. The minimum Gasteiger partial charge on any atom is -0.385 e. The quantitative estimate of drug-likeness (QED) is 0.786. The maximum absolute atomic E-state index is 12.2. The highest BCUT2D eigenvalue weighted by molar-refractivity contribution is 6.00. The van der Waals surface area contributed by atoms with E-state index in [1.165, 1.54) is 24.8 Å². The standard InChI is InChI=1S/C15H21NO2/c1-18-9-8-14(16)15(17)13-7-3-6-12(10-13)11-4-2-5-11/h3,6-7,10-11,14H,2,4-5,8-9,16H2,1H3. The highest BCUT2D eigenvalue weighted by Crippen LogP contribution is 2.36. The second kappa shape index (κ2) is 6.12. The van der Waals surface area contributed by atoms with E-state index in [1.54, 1.807) is 7.11 Å². The van der Waals surface area contributed by atoms with E-state index in [9.17, 15) is 4.79 Å². The molecule has 0 aromatic heterocycles. The van der Waals surface area contributed by atoms with E-state index >= 15 is 0 Å². The van der Waals surface area contributed by atoms with Crippen molar-refractivity contribution in [3.05, 3.63) is 35.4 Å². The Hall–Kier alpha value is -1.19. The van der Waals surface area contributed by atoms with Gasteiger partial charge in [-0.1, -0.05) is 24.6 Å². The fraction of sp³-hybridized carbons (Fsp3) is 0.533. The van der Waals surface area contributed by atoms with Crippen LogP contribution in [-0.4, -0.2) is 25.5 Å². The fourth-order valence-corrected chi connectivity index (χ4v) is 2.28. The van der Waals surface area contributed by atoms with Gasteiger partial charge in [0.2, 0.25) is 0 Å². The van der Waals surface area contributed by atoms with Crippen LogP contribution in [0.25, 0.3) is 0 Å². The summed E-state index contributed by atoms with van der Waals surface area (Å²) < 4.78 is 4.95. The van der Waals surface area contributed by atoms with E-state index in [0.717, 1.165) is 5.56 Å². The number of carbonyl (C=O) groups excluding carboxylic acids is 1. The first kappa shape index (κ1) is 13.2. The van der Waals surface area contributed by atoms with Gasteiger partial charge in [0.05, 0.1) is 6.04 Å². The molecule has 1 aromatic carbocycles. The number of methoxy groups -OCH3 is 1. The van der Waals surface area contributed by atoms with Crippen molar-refractivity contribution in [3.63, 3.8) is 0 Å². The van der Waals surface area contributed by atoms with Crippen LogP contribution in [0.1, 0.15) is 47.5 Å². The predicted molar refractivity (Wildman–Crippen MR) is 71.8 cm³/mol. The maximum atomic E-state index is 12.2. The van der Waals surface area contributed by atoms with Gasteiger partial charge in [0.15, 0.2) is 5.78 Å². The number of benzene rings is 1. The van der Waals surface area contributed by atoms with Gasteiger partial charge in [0.1, 0.15) is 0 Å². The molecule has 0 saturated heterocycles. The molecule has 0 bridgehead atoms. The summed E-state index contributed by atoms with van der Waals surface area (Å²) >= 11 is 0. The van der Waals surface area contributed by atoms with Crippen molar-refractivity contribution >= 4 is 5.78 Å². The lowest BCUT2D eigenvalue weighted by molar-refractivity contribution is 0.0935. The number of Topliss-reactive ketones (excluding diaryl/α,β-unsaturated/α-hetero) is 1. The normalized spacial score (nSPS) is 17.2. The van der Waals surface area contributed by atoms with Crippen LogP contribution in [0.2, 0.25) is 0 Å². The molecule has 2 N–H and O–H groups in total. The Bertz CT molecular complexity index is 413. The lowest BCUT2D eigenvalue weighted by Crippen LogP contribution is -2.31. The van der Waals surface area contributed by atoms with Gasteiger partial charge in [0.25, 0.3) is 0 Å². The summed E-state index contributed by atoms with van der Waals surface area (Å²) in [6.07, 6.45) is 4.36. The Balaban J connectivity index is 2.05. The van der Waals surface area contributed by atoms with Crippen LogP contribution in [0.15, 0.2) is 24.3 Å². The molecular weight excluding hydrogens is 226 g/mol. The van der Waals surface area contributed by atoms with Crippen molar-refractivity contribution in [1.29, 1.82) is 0 Å². The average molecular weight is 247 g/mol. The van der Waals surface area contributed by atoms with Gasteiger partial charge < -0.3 is 10.5 Å². The molecule has 0 aliphatic heterocycles. The molecule has 1 unspecified atom stereocenters. The van der Waals surface area contributed by atoms with Gasteiger partial charge in [0, 0.05) is 19.3 Å². The minimum atomic E-state index is -0.457. The van der Waals surface area contributed by atoms with E-state index < -0.39 is 6.04 Å². The molecule has 3 nitrogen and oxygen atoms in total. The first-order valence-electron chi connectivity index (χ1n) is 6.61. The van der Waals surface area contributed by atoms with Gasteiger partial charge >= 0.3 is 0 Å². The van der Waals surface area contributed by atoms with Crippen LogP contribution in [0.4, 0.5) is 0 Å². The molecule has 98 valence electrons. The number of ether oxygens (including phenoxy) is 1. The zero-order valence-electron chi connectivity index (χ0n) is 10.9. The number of hydrogen-bond acceptors (Lipinski definition) is 3. The zero-order valence-corrected chi connectivity index (χ0v) is 10.9. The molecular formula is C15H21NO2. The van der Waals surface area contributed by atoms with Crippen LogP contribution < -0.4 is 5.73 Å². The van der Waals surface area contributed by atoms with E-state index in [1.807, 2.05) is 18.2 Å².